The minimum Gasteiger partial charge on any atom is -0.453 e. The number of cyclic esters (lactones) is 1. The number of amides is 1. The molecule has 1 amide bonds. The normalized spacial score (nSPS) is 18.9. The summed E-state index contributed by atoms with van der Waals surface area (Å²) in [5.41, 5.74) is 7.30. The number of nitrogens with zero attached hydrogens (tertiary/aromatic N) is 1. The van der Waals surface area contributed by atoms with Crippen molar-refractivity contribution < 1.29 is 14.3 Å². The van der Waals surface area contributed by atoms with Gasteiger partial charge in [-0.25, -0.2) is 4.98 Å². The molecule has 1 aliphatic rings. The van der Waals surface area contributed by atoms with Crippen molar-refractivity contribution in [3.8, 4) is 0 Å². The number of aromatic nitrogens is 1. The number of amidine groups is 1. The number of carbonyl (C=O) groups is 2. The number of hydrogen-bond acceptors (Lipinski definition) is 6. The summed E-state index contributed by atoms with van der Waals surface area (Å²) in [5, 5.41) is 12.8. The Labute approximate surface area is 161 Å². The van der Waals surface area contributed by atoms with Gasteiger partial charge >= 0.3 is 5.97 Å². The van der Waals surface area contributed by atoms with Gasteiger partial charge in [0.1, 0.15) is 10.8 Å². The lowest BCUT2D eigenvalue weighted by atomic mass is 10.0. The molecule has 1 saturated heterocycles. The van der Waals surface area contributed by atoms with Crippen LogP contribution in [-0.2, 0) is 20.7 Å². The summed E-state index contributed by atoms with van der Waals surface area (Å²) in [7, 11) is 0. The molecule has 27 heavy (non-hydrogen) atoms. The van der Waals surface area contributed by atoms with Crippen molar-refractivity contribution in [1.82, 2.24) is 10.3 Å². The molecule has 0 radical (unpaired) electrons. The predicted molar refractivity (Wildman–Crippen MR) is 103 cm³/mol. The Morgan fingerprint density at radius 2 is 2.11 bits per heavy atom. The van der Waals surface area contributed by atoms with Crippen molar-refractivity contribution in [2.24, 2.45) is 5.73 Å². The maximum absolute atomic E-state index is 12.2. The Morgan fingerprint density at radius 3 is 2.78 bits per heavy atom. The van der Waals surface area contributed by atoms with Gasteiger partial charge in [0.05, 0.1) is 12.5 Å². The second kappa shape index (κ2) is 8.77. The third-order valence-electron chi connectivity index (χ3n) is 4.44. The van der Waals surface area contributed by atoms with Gasteiger partial charge in [0.25, 0.3) is 0 Å². The van der Waals surface area contributed by atoms with Gasteiger partial charge in [0, 0.05) is 23.6 Å². The first-order valence-corrected chi connectivity index (χ1v) is 9.72. The van der Waals surface area contributed by atoms with Crippen LogP contribution in [0.4, 0.5) is 0 Å². The van der Waals surface area contributed by atoms with Gasteiger partial charge in [-0.2, -0.15) is 0 Å². The highest BCUT2D eigenvalue weighted by atomic mass is 32.1. The highest BCUT2D eigenvalue weighted by Crippen LogP contribution is 2.31. The summed E-state index contributed by atoms with van der Waals surface area (Å²) >= 11 is 1.41. The molecule has 2 heterocycles. The third-order valence-corrected chi connectivity index (χ3v) is 5.27. The zero-order chi connectivity index (χ0) is 19.2. The Kier molecular flexibility index (Phi) is 6.18. The van der Waals surface area contributed by atoms with E-state index in [1.54, 1.807) is 6.20 Å². The molecule has 7 nitrogen and oxygen atoms in total. The minimum atomic E-state index is -0.485. The molecule has 2 atom stereocenters. The molecular weight excluding hydrogens is 364 g/mol. The highest BCUT2D eigenvalue weighted by molar-refractivity contribution is 7.09. The van der Waals surface area contributed by atoms with Crippen LogP contribution < -0.4 is 11.1 Å². The number of hydrogen-bond donors (Lipinski definition) is 3. The van der Waals surface area contributed by atoms with Crippen LogP contribution >= 0.6 is 11.3 Å². The van der Waals surface area contributed by atoms with E-state index in [-0.39, 0.29) is 30.2 Å². The van der Waals surface area contributed by atoms with Crippen LogP contribution in [0, 0.1) is 5.41 Å². The summed E-state index contributed by atoms with van der Waals surface area (Å²) in [4.78, 5) is 28.0. The van der Waals surface area contributed by atoms with E-state index in [1.807, 2.05) is 29.6 Å². The number of aryl methyl sites for hydroxylation is 1. The first kappa shape index (κ1) is 19.0. The molecule has 0 bridgehead atoms. The van der Waals surface area contributed by atoms with Crippen molar-refractivity contribution in [3.05, 3.63) is 52.0 Å². The number of esters is 1. The van der Waals surface area contributed by atoms with Crippen LogP contribution in [0.25, 0.3) is 0 Å². The largest absolute Gasteiger partial charge is 0.453 e. The first-order valence-electron chi connectivity index (χ1n) is 8.84. The van der Waals surface area contributed by atoms with Crippen LogP contribution in [0.3, 0.4) is 0 Å². The van der Waals surface area contributed by atoms with E-state index < -0.39 is 6.10 Å². The zero-order valence-corrected chi connectivity index (χ0v) is 15.6. The number of carbonyl (C=O) groups excluding carboxylic acids is 2. The van der Waals surface area contributed by atoms with Crippen LogP contribution in [0.2, 0.25) is 0 Å². The van der Waals surface area contributed by atoms with Gasteiger partial charge in [-0.1, -0.05) is 24.3 Å². The molecule has 1 aromatic carbocycles. The topological polar surface area (TPSA) is 118 Å². The number of nitrogens with one attached hydrogen (secondary N) is 2. The number of rotatable bonds is 8. The molecule has 1 unspecified atom stereocenters. The minimum absolute atomic E-state index is 0.0589. The number of nitrogen functional groups attached to an aromatic ring is 1. The van der Waals surface area contributed by atoms with E-state index >= 15 is 0 Å². The second-order valence-corrected chi connectivity index (χ2v) is 7.40. The van der Waals surface area contributed by atoms with Gasteiger partial charge in [0.15, 0.2) is 6.10 Å². The quantitative estimate of drug-likeness (QED) is 0.278. The number of thiazole rings is 1. The molecule has 4 N–H and O–H groups in total. The SMILES string of the molecule is N=C(N)c1ccc(CCCCC(=O)N[C@H]2CC(=O)OC2c2nccs2)cc1. The molecule has 1 aliphatic heterocycles. The Hall–Kier alpha value is -2.74. The number of unbranched alkanes of at least 4 members (excludes halogenated alkanes) is 1. The molecule has 0 saturated carbocycles. The van der Waals surface area contributed by atoms with E-state index in [0.717, 1.165) is 24.8 Å². The summed E-state index contributed by atoms with van der Waals surface area (Å²) in [6.45, 7) is 0. The zero-order valence-electron chi connectivity index (χ0n) is 14.8. The molecule has 2 aromatic rings. The molecule has 0 spiro atoms. The summed E-state index contributed by atoms with van der Waals surface area (Å²) in [6.07, 6.45) is 4.25. The molecule has 1 aromatic heterocycles. The van der Waals surface area contributed by atoms with Crippen molar-refractivity contribution in [2.45, 2.75) is 44.2 Å². The lowest BCUT2D eigenvalue weighted by Crippen LogP contribution is -2.36. The van der Waals surface area contributed by atoms with Crippen LogP contribution in [0.5, 0.6) is 0 Å². The van der Waals surface area contributed by atoms with Gasteiger partial charge in [-0.15, -0.1) is 11.3 Å². The first-order chi connectivity index (χ1) is 13.0. The summed E-state index contributed by atoms with van der Waals surface area (Å²) in [6, 6.07) is 7.23. The fourth-order valence-corrected chi connectivity index (χ4v) is 3.76. The molecule has 142 valence electrons. The van der Waals surface area contributed by atoms with Gasteiger partial charge < -0.3 is 15.8 Å². The maximum atomic E-state index is 12.2. The fourth-order valence-electron chi connectivity index (χ4n) is 3.03. The van der Waals surface area contributed by atoms with Crippen molar-refractivity contribution >= 4 is 29.0 Å². The number of benzene rings is 1. The molecule has 0 aliphatic carbocycles. The average Bonchev–Trinajstić information content (AvgIpc) is 3.28. The smallest absolute Gasteiger partial charge is 0.308 e. The van der Waals surface area contributed by atoms with Crippen LogP contribution in [0.1, 0.15) is 47.9 Å². The van der Waals surface area contributed by atoms with E-state index in [9.17, 15) is 9.59 Å². The van der Waals surface area contributed by atoms with Crippen LogP contribution in [0.15, 0.2) is 35.8 Å². The molecular formula is C19H22N4O3S. The third kappa shape index (κ3) is 5.13. The second-order valence-electron chi connectivity index (χ2n) is 6.48. The van der Waals surface area contributed by atoms with Gasteiger partial charge in [0.2, 0.25) is 5.91 Å². The van der Waals surface area contributed by atoms with Crippen molar-refractivity contribution in [2.75, 3.05) is 0 Å². The van der Waals surface area contributed by atoms with E-state index in [1.165, 1.54) is 11.3 Å². The van der Waals surface area contributed by atoms with E-state index in [4.69, 9.17) is 15.9 Å². The summed E-state index contributed by atoms with van der Waals surface area (Å²) in [5.74, 6) is -0.329. The van der Waals surface area contributed by atoms with Crippen LogP contribution in [-0.4, -0.2) is 28.7 Å². The van der Waals surface area contributed by atoms with Crippen molar-refractivity contribution in [1.29, 1.82) is 5.41 Å². The number of ether oxygens (including phenoxy) is 1. The fraction of sp³-hybridized carbons (Fsp3) is 0.368. The van der Waals surface area contributed by atoms with Crippen molar-refractivity contribution in [3.63, 3.8) is 0 Å². The number of nitrogens with two attached hydrogens (primary N) is 1. The Morgan fingerprint density at radius 1 is 1.33 bits per heavy atom. The highest BCUT2D eigenvalue weighted by Gasteiger charge is 2.38. The van der Waals surface area contributed by atoms with E-state index in [2.05, 4.69) is 10.3 Å². The lowest BCUT2D eigenvalue weighted by molar-refractivity contribution is -0.141. The lowest BCUT2D eigenvalue weighted by Gasteiger charge is -2.16. The summed E-state index contributed by atoms with van der Waals surface area (Å²) < 4.78 is 5.30. The molecule has 8 heteroatoms. The van der Waals surface area contributed by atoms with Gasteiger partial charge in [-0.05, 0) is 24.8 Å². The Balaban J connectivity index is 1.41. The Bertz CT molecular complexity index is 805. The van der Waals surface area contributed by atoms with Gasteiger partial charge in [-0.3, -0.25) is 15.0 Å². The average molecular weight is 386 g/mol. The maximum Gasteiger partial charge on any atom is 0.308 e. The molecule has 1 fully saturated rings. The predicted octanol–water partition coefficient (Wildman–Crippen LogP) is 2.31. The standard InChI is InChI=1S/C19H22N4O3S/c20-18(21)13-7-5-12(6-8-13)3-1-2-4-15(24)23-14-11-16(25)26-17(14)19-22-9-10-27-19/h5-10,14,17H,1-4,11H2,(H3,20,21)(H,23,24)/t14-,17?/m0/s1. The van der Waals surface area contributed by atoms with E-state index in [0.29, 0.717) is 17.0 Å². The molecule has 3 rings (SSSR count). The monoisotopic (exact) mass is 386 g/mol.